The Morgan fingerprint density at radius 3 is 2.68 bits per heavy atom. The Hall–Kier alpha value is -3.08. The monoisotopic (exact) mass is 337 g/mol. The summed E-state index contributed by atoms with van der Waals surface area (Å²) in [7, 11) is 0. The van der Waals surface area contributed by atoms with E-state index in [4.69, 9.17) is 9.15 Å². The predicted molar refractivity (Wildman–Crippen MR) is 97.4 cm³/mol. The Morgan fingerprint density at radius 2 is 1.92 bits per heavy atom. The Morgan fingerprint density at radius 1 is 1.12 bits per heavy atom. The zero-order chi connectivity index (χ0) is 17.8. The minimum absolute atomic E-state index is 0.278. The van der Waals surface area contributed by atoms with E-state index in [2.05, 4.69) is 5.32 Å². The SMILES string of the molecule is CCOc1ccc2c(C(=O)Nc3ccccc3CC)cc(=O)oc2c1. The normalized spacial score (nSPS) is 10.6. The van der Waals surface area contributed by atoms with Crippen molar-refractivity contribution in [1.29, 1.82) is 0 Å². The summed E-state index contributed by atoms with van der Waals surface area (Å²) in [5.41, 5.74) is 1.80. The number of benzene rings is 2. The van der Waals surface area contributed by atoms with Gasteiger partial charge in [0, 0.05) is 23.2 Å². The van der Waals surface area contributed by atoms with Crippen molar-refractivity contribution in [3.05, 3.63) is 70.1 Å². The van der Waals surface area contributed by atoms with Gasteiger partial charge < -0.3 is 14.5 Å². The van der Waals surface area contributed by atoms with Crippen LogP contribution in [0.15, 0.2) is 57.7 Å². The van der Waals surface area contributed by atoms with Gasteiger partial charge in [0.1, 0.15) is 11.3 Å². The van der Waals surface area contributed by atoms with Crippen molar-refractivity contribution < 1.29 is 13.9 Å². The number of anilines is 1. The minimum Gasteiger partial charge on any atom is -0.494 e. The van der Waals surface area contributed by atoms with E-state index in [9.17, 15) is 9.59 Å². The number of nitrogens with one attached hydrogen (secondary N) is 1. The molecule has 0 spiro atoms. The first-order valence-corrected chi connectivity index (χ1v) is 8.22. The Balaban J connectivity index is 2.02. The van der Waals surface area contributed by atoms with Gasteiger partial charge in [-0.05, 0) is 37.1 Å². The van der Waals surface area contributed by atoms with Crippen LogP contribution in [-0.2, 0) is 6.42 Å². The number of rotatable bonds is 5. The zero-order valence-electron chi connectivity index (χ0n) is 14.2. The van der Waals surface area contributed by atoms with E-state index in [0.29, 0.717) is 23.3 Å². The largest absolute Gasteiger partial charge is 0.494 e. The number of amides is 1. The topological polar surface area (TPSA) is 68.5 Å². The highest BCUT2D eigenvalue weighted by Gasteiger charge is 2.15. The van der Waals surface area contributed by atoms with Crippen LogP contribution in [-0.4, -0.2) is 12.5 Å². The molecule has 3 rings (SSSR count). The first-order valence-electron chi connectivity index (χ1n) is 8.22. The molecule has 0 aliphatic rings. The summed E-state index contributed by atoms with van der Waals surface area (Å²) >= 11 is 0. The highest BCUT2D eigenvalue weighted by molar-refractivity contribution is 6.12. The van der Waals surface area contributed by atoms with Crippen molar-refractivity contribution in [2.24, 2.45) is 0 Å². The molecule has 5 heteroatoms. The fourth-order valence-electron chi connectivity index (χ4n) is 2.73. The summed E-state index contributed by atoms with van der Waals surface area (Å²) < 4.78 is 10.6. The second-order valence-corrected chi connectivity index (χ2v) is 5.53. The van der Waals surface area contributed by atoms with Gasteiger partial charge in [-0.2, -0.15) is 0 Å². The number of aryl methyl sites for hydroxylation is 1. The van der Waals surface area contributed by atoms with Crippen LogP contribution in [0, 0.1) is 0 Å². The van der Waals surface area contributed by atoms with E-state index in [0.717, 1.165) is 17.7 Å². The zero-order valence-corrected chi connectivity index (χ0v) is 14.2. The fraction of sp³-hybridized carbons (Fsp3) is 0.200. The Bertz CT molecular complexity index is 975. The molecule has 1 aromatic heterocycles. The number of para-hydroxylation sites is 1. The average molecular weight is 337 g/mol. The van der Waals surface area contributed by atoms with Gasteiger partial charge in [0.25, 0.3) is 5.91 Å². The quantitative estimate of drug-likeness (QED) is 0.714. The molecule has 128 valence electrons. The molecule has 25 heavy (non-hydrogen) atoms. The van der Waals surface area contributed by atoms with Crippen molar-refractivity contribution in [3.63, 3.8) is 0 Å². The van der Waals surface area contributed by atoms with Gasteiger partial charge in [-0.1, -0.05) is 25.1 Å². The molecular weight excluding hydrogens is 318 g/mol. The highest BCUT2D eigenvalue weighted by Crippen LogP contribution is 2.24. The molecule has 1 heterocycles. The third-order valence-corrected chi connectivity index (χ3v) is 3.92. The average Bonchev–Trinajstić information content (AvgIpc) is 2.61. The molecule has 0 bridgehead atoms. The molecule has 0 saturated heterocycles. The smallest absolute Gasteiger partial charge is 0.337 e. The Kier molecular flexibility index (Phi) is 4.84. The van der Waals surface area contributed by atoms with E-state index < -0.39 is 5.63 Å². The molecule has 3 aromatic rings. The summed E-state index contributed by atoms with van der Waals surface area (Å²) in [5, 5.41) is 3.45. The van der Waals surface area contributed by atoms with Gasteiger partial charge in [-0.3, -0.25) is 4.79 Å². The maximum absolute atomic E-state index is 12.7. The van der Waals surface area contributed by atoms with Crippen molar-refractivity contribution in [1.82, 2.24) is 0 Å². The molecule has 0 radical (unpaired) electrons. The van der Waals surface area contributed by atoms with Crippen LogP contribution < -0.4 is 15.7 Å². The summed E-state index contributed by atoms with van der Waals surface area (Å²) in [6.45, 7) is 4.39. The Labute approximate surface area is 145 Å². The number of hydrogen-bond donors (Lipinski definition) is 1. The molecule has 0 aliphatic heterocycles. The lowest BCUT2D eigenvalue weighted by Gasteiger charge is -2.11. The fourth-order valence-corrected chi connectivity index (χ4v) is 2.73. The van der Waals surface area contributed by atoms with Gasteiger partial charge in [0.05, 0.1) is 12.2 Å². The number of carbonyl (C=O) groups excluding carboxylic acids is 1. The van der Waals surface area contributed by atoms with Crippen LogP contribution in [0.1, 0.15) is 29.8 Å². The summed E-state index contributed by atoms with van der Waals surface area (Å²) in [5.74, 6) is 0.245. The van der Waals surface area contributed by atoms with E-state index in [1.165, 1.54) is 6.07 Å². The van der Waals surface area contributed by atoms with Crippen LogP contribution in [0.25, 0.3) is 11.0 Å². The van der Waals surface area contributed by atoms with Crippen molar-refractivity contribution in [2.75, 3.05) is 11.9 Å². The van der Waals surface area contributed by atoms with Gasteiger partial charge in [-0.15, -0.1) is 0 Å². The number of hydrogen-bond acceptors (Lipinski definition) is 4. The van der Waals surface area contributed by atoms with Gasteiger partial charge in [0.2, 0.25) is 0 Å². The molecular formula is C20H19NO4. The van der Waals surface area contributed by atoms with E-state index in [1.54, 1.807) is 18.2 Å². The third-order valence-electron chi connectivity index (χ3n) is 3.92. The molecule has 0 fully saturated rings. The standard InChI is InChI=1S/C20H19NO4/c1-3-13-7-5-6-8-17(13)21-20(23)16-12-19(22)25-18-11-14(24-4-2)9-10-15(16)18/h5-12H,3-4H2,1-2H3,(H,21,23). The third kappa shape index (κ3) is 3.55. The number of fused-ring (bicyclic) bond motifs is 1. The first kappa shape index (κ1) is 16.8. The van der Waals surface area contributed by atoms with Crippen LogP contribution in [0.2, 0.25) is 0 Å². The second kappa shape index (κ2) is 7.21. The maximum Gasteiger partial charge on any atom is 0.337 e. The maximum atomic E-state index is 12.7. The van der Waals surface area contributed by atoms with Crippen molar-refractivity contribution >= 4 is 22.6 Å². The molecule has 0 aliphatic carbocycles. The van der Waals surface area contributed by atoms with Crippen LogP contribution in [0.5, 0.6) is 5.75 Å². The lowest BCUT2D eigenvalue weighted by atomic mass is 10.1. The van der Waals surface area contributed by atoms with E-state index in [1.807, 2.05) is 38.1 Å². The first-order chi connectivity index (χ1) is 12.1. The van der Waals surface area contributed by atoms with Crippen molar-refractivity contribution in [3.8, 4) is 5.75 Å². The van der Waals surface area contributed by atoms with Crippen molar-refractivity contribution in [2.45, 2.75) is 20.3 Å². The molecule has 1 amide bonds. The number of ether oxygens (including phenoxy) is 1. The molecule has 5 nitrogen and oxygen atoms in total. The number of carbonyl (C=O) groups is 1. The molecule has 0 atom stereocenters. The van der Waals surface area contributed by atoms with E-state index >= 15 is 0 Å². The molecule has 2 aromatic carbocycles. The highest BCUT2D eigenvalue weighted by atomic mass is 16.5. The van der Waals surface area contributed by atoms with Gasteiger partial charge >= 0.3 is 5.63 Å². The molecule has 0 saturated carbocycles. The minimum atomic E-state index is -0.574. The lowest BCUT2D eigenvalue weighted by molar-refractivity contribution is 0.102. The van der Waals surface area contributed by atoms with Gasteiger partial charge in [0.15, 0.2) is 0 Å². The van der Waals surface area contributed by atoms with Crippen LogP contribution >= 0.6 is 0 Å². The van der Waals surface area contributed by atoms with E-state index in [-0.39, 0.29) is 11.5 Å². The molecule has 0 unspecified atom stereocenters. The lowest BCUT2D eigenvalue weighted by Crippen LogP contribution is -2.16. The summed E-state index contributed by atoms with van der Waals surface area (Å²) in [6.07, 6.45) is 0.797. The van der Waals surface area contributed by atoms with Gasteiger partial charge in [-0.25, -0.2) is 4.79 Å². The summed E-state index contributed by atoms with van der Waals surface area (Å²) in [6, 6.07) is 13.9. The summed E-state index contributed by atoms with van der Waals surface area (Å²) in [4.78, 5) is 24.6. The molecule has 1 N–H and O–H groups in total. The predicted octanol–water partition coefficient (Wildman–Crippen LogP) is 4.01. The van der Waals surface area contributed by atoms with Crippen LogP contribution in [0.4, 0.5) is 5.69 Å². The second-order valence-electron chi connectivity index (χ2n) is 5.53. The van der Waals surface area contributed by atoms with Crippen LogP contribution in [0.3, 0.4) is 0 Å².